The van der Waals surface area contributed by atoms with Crippen molar-refractivity contribution in [1.29, 1.82) is 0 Å². The van der Waals surface area contributed by atoms with E-state index >= 15 is 0 Å². The number of primary amides is 3. The number of nitrogens with two attached hydrogens (primary N) is 4. The first-order chi connectivity index (χ1) is 47.1. The number of nitrogens with zero attached hydrogens (tertiary/aromatic N) is 8. The number of likely N-dealkylation sites (tertiary alicyclic amines) is 2. The zero-order valence-corrected chi connectivity index (χ0v) is 54.4. The Hall–Kier alpha value is -10.5. The fourth-order valence-corrected chi connectivity index (χ4v) is 13.3. The van der Waals surface area contributed by atoms with Crippen LogP contribution in [0.15, 0.2) is 134 Å². The van der Waals surface area contributed by atoms with E-state index in [1.165, 1.54) is 43.9 Å². The molecule has 3 fully saturated rings. The van der Waals surface area contributed by atoms with E-state index in [2.05, 4.69) is 54.8 Å². The number of anilines is 4. The van der Waals surface area contributed by atoms with Crippen LogP contribution in [0.3, 0.4) is 0 Å². The van der Waals surface area contributed by atoms with Gasteiger partial charge in [0.15, 0.2) is 0 Å². The summed E-state index contributed by atoms with van der Waals surface area (Å²) in [4.78, 5) is 65.8. The highest BCUT2D eigenvalue weighted by Crippen LogP contribution is 2.43. The molecule has 6 aliphatic rings. The maximum Gasteiger partial charge on any atom is 0.298 e. The molecule has 1 saturated carbocycles. The van der Waals surface area contributed by atoms with Crippen LogP contribution in [-0.2, 0) is 9.59 Å². The molecule has 3 aromatic heterocycles. The average Bonchev–Trinajstić information content (AvgIpc) is 1.65. The summed E-state index contributed by atoms with van der Waals surface area (Å²) in [5.74, 6) is 8.33. The van der Waals surface area contributed by atoms with E-state index in [1.54, 1.807) is 21.5 Å². The normalized spacial score (nSPS) is 17.8. The summed E-state index contributed by atoms with van der Waals surface area (Å²) >= 11 is 5.80. The second-order valence-electron chi connectivity index (χ2n) is 24.8. The molecule has 0 bridgehead atoms. The monoisotopic (exact) mass is 1330 g/mol. The third-order valence-electron chi connectivity index (χ3n) is 18.4. The predicted octanol–water partition coefficient (Wildman–Crippen LogP) is 9.86. The Labute approximate surface area is 566 Å². The van der Waals surface area contributed by atoms with Gasteiger partial charge in [0.1, 0.15) is 74.3 Å². The van der Waals surface area contributed by atoms with Gasteiger partial charge >= 0.3 is 0 Å². The highest BCUT2D eigenvalue weighted by molar-refractivity contribution is 6.30. The van der Waals surface area contributed by atoms with Crippen LogP contribution in [0, 0.1) is 29.5 Å². The number of rotatable bonds is 17. The van der Waals surface area contributed by atoms with Crippen molar-refractivity contribution in [1.82, 2.24) is 39.1 Å². The fraction of sp³-hybridized carbons (Fsp3) is 0.333. The summed E-state index contributed by atoms with van der Waals surface area (Å²) in [5.41, 5.74) is 28.9. The summed E-state index contributed by atoms with van der Waals surface area (Å²) < 4.78 is 31.2. The Bertz CT molecular complexity index is 4280. The van der Waals surface area contributed by atoms with Crippen LogP contribution in [0.25, 0.3) is 33.8 Å². The third kappa shape index (κ3) is 15.1. The molecule has 5 aliphatic heterocycles. The van der Waals surface area contributed by atoms with Gasteiger partial charge in [0.05, 0.1) is 36.3 Å². The minimum atomic E-state index is -0.687. The molecule has 502 valence electrons. The number of carbonyl (C=O) groups is 5. The molecule has 5 aromatic carbocycles. The molecule has 25 heteroatoms. The summed E-state index contributed by atoms with van der Waals surface area (Å²) in [7, 11) is 0. The number of piperidine rings is 1. The molecule has 2 unspecified atom stereocenters. The third-order valence-corrected chi connectivity index (χ3v) is 18.7. The quantitative estimate of drug-likeness (QED) is 0.0311. The molecule has 2 saturated heterocycles. The van der Waals surface area contributed by atoms with Gasteiger partial charge in [-0.15, -0.1) is 0 Å². The van der Waals surface area contributed by atoms with Gasteiger partial charge < -0.3 is 58.6 Å². The number of fused-ring (bicyclic) bond motifs is 3. The van der Waals surface area contributed by atoms with Crippen molar-refractivity contribution in [3.05, 3.63) is 167 Å². The number of nitrogens with one attached hydrogen (secondary N) is 4. The van der Waals surface area contributed by atoms with Crippen LogP contribution >= 0.6 is 11.6 Å². The minimum absolute atomic E-state index is 0.0313. The molecule has 8 heterocycles. The fourth-order valence-electron chi connectivity index (χ4n) is 13.2. The van der Waals surface area contributed by atoms with Gasteiger partial charge in [0, 0.05) is 67.2 Å². The predicted molar refractivity (Wildman–Crippen MR) is 371 cm³/mol. The second-order valence-corrected chi connectivity index (χ2v) is 25.2. The highest BCUT2D eigenvalue weighted by Gasteiger charge is 2.37. The topological polar surface area (TPSA) is 316 Å². The van der Waals surface area contributed by atoms with E-state index in [4.69, 9.17) is 49.1 Å². The van der Waals surface area contributed by atoms with Crippen molar-refractivity contribution in [2.24, 2.45) is 34.8 Å². The van der Waals surface area contributed by atoms with Crippen molar-refractivity contribution in [2.45, 2.75) is 75.9 Å². The SMILES string of the molecule is C=CC(=O)Nc1ccccc1C1CCNc2c(C(N)=O)c(-c3ccc(Cl)c(F)c3)nn21.NC(=O)c1c(-c2ccc(Oc3ccccc3)cc2)nn2c1NCC[C@H]2C1CCN(C(=O)C#CCN2CCCC2)CC1.NCC1CCNc2c(C(N)=O)c(-c3ccc(OCC4CC4)cc3)nn21. The molecule has 0 spiro atoms. The number of halogens is 2. The number of carbonyl (C=O) groups excluding carboxylic acids is 5. The van der Waals surface area contributed by atoms with Crippen LogP contribution in [0.5, 0.6) is 17.2 Å². The zero-order chi connectivity index (χ0) is 67.7. The number of benzene rings is 5. The van der Waals surface area contributed by atoms with Crippen molar-refractivity contribution in [3.63, 3.8) is 0 Å². The minimum Gasteiger partial charge on any atom is -0.493 e. The summed E-state index contributed by atoms with van der Waals surface area (Å²) in [6.07, 6.45) is 10.3. The summed E-state index contributed by atoms with van der Waals surface area (Å²) in [6, 6.07) is 36.2. The lowest BCUT2D eigenvalue weighted by molar-refractivity contribution is -0.126. The van der Waals surface area contributed by atoms with E-state index in [-0.39, 0.29) is 46.2 Å². The standard InChI is InChI=1S/C32H36N6O3.C22H19ClFN5O2.C18H23N5O2/c33-31(40)29-30(24-10-12-26(13-11-24)41-25-7-2-1-3-8-25)35-38-27(14-17-34-32(29)38)23-15-21-37(22-16-23)28(39)9-6-20-36-18-4-5-19-36;1-2-18(30)27-16-6-4-3-5-13(16)17-9-10-26-22-19(21(25)31)20(28-29(17)22)12-7-8-14(23)15(24)11-12;19-9-13-7-8-21-18-15(17(20)24)16(22-23(13)18)12-3-5-14(6-4-12)25-10-11-1-2-11/h1-3,7-8,10-13,23,27,34H,4-5,14-22H2,(H2,33,40);2-8,11,17,26H,1,9-10H2,(H2,25,31)(H,27,30);3-6,11,13,21H,1-2,7-10,19H2,(H2,20,24)/t27-;;/m0../s1. The second kappa shape index (κ2) is 30.1. The summed E-state index contributed by atoms with van der Waals surface area (Å²) in [5, 5.41) is 26.8. The Morgan fingerprint density at radius 2 is 1.19 bits per heavy atom. The molecule has 97 heavy (non-hydrogen) atoms. The molecular weight excluding hydrogens is 1260 g/mol. The van der Waals surface area contributed by atoms with E-state index < -0.39 is 23.5 Å². The first kappa shape index (κ1) is 66.5. The van der Waals surface area contributed by atoms with Gasteiger partial charge in [0.25, 0.3) is 23.6 Å². The number of hydrogen-bond acceptors (Lipinski definition) is 15. The lowest BCUT2D eigenvalue weighted by Gasteiger charge is -2.37. The average molecular weight is 1330 g/mol. The first-order valence-corrected chi connectivity index (χ1v) is 33.2. The lowest BCUT2D eigenvalue weighted by Crippen LogP contribution is -2.41. The van der Waals surface area contributed by atoms with Gasteiger partial charge in [-0.2, -0.15) is 15.3 Å². The van der Waals surface area contributed by atoms with Gasteiger partial charge in [0.2, 0.25) is 5.91 Å². The molecule has 1 aliphatic carbocycles. The van der Waals surface area contributed by atoms with E-state index in [0.717, 1.165) is 86.7 Å². The van der Waals surface area contributed by atoms with E-state index in [0.29, 0.717) is 108 Å². The number of aromatic nitrogens is 6. The molecule has 23 nitrogen and oxygen atoms in total. The van der Waals surface area contributed by atoms with Gasteiger partial charge in [-0.05, 0) is 174 Å². The molecule has 8 aromatic rings. The first-order valence-electron chi connectivity index (χ1n) is 32.9. The largest absolute Gasteiger partial charge is 0.493 e. The van der Waals surface area contributed by atoms with Crippen molar-refractivity contribution >= 4 is 64.3 Å². The molecule has 12 N–H and O–H groups in total. The van der Waals surface area contributed by atoms with Crippen LogP contribution in [0.2, 0.25) is 5.02 Å². The van der Waals surface area contributed by atoms with Crippen LogP contribution in [0.4, 0.5) is 27.5 Å². The van der Waals surface area contributed by atoms with Crippen LogP contribution < -0.4 is 53.7 Å². The lowest BCUT2D eigenvalue weighted by atomic mass is 9.87. The zero-order valence-electron chi connectivity index (χ0n) is 53.7. The molecule has 5 amide bonds. The Morgan fingerprint density at radius 1 is 0.639 bits per heavy atom. The number of para-hydroxylation sites is 2. The maximum absolute atomic E-state index is 14.1. The van der Waals surface area contributed by atoms with Crippen molar-refractivity contribution in [2.75, 3.05) is 86.8 Å². The van der Waals surface area contributed by atoms with Crippen LogP contribution in [-0.4, -0.2) is 134 Å². The Morgan fingerprint density at radius 3 is 1.80 bits per heavy atom. The molecule has 3 atom stereocenters. The number of hydrogen-bond donors (Lipinski definition) is 8. The number of ether oxygens (including phenoxy) is 2. The smallest absolute Gasteiger partial charge is 0.298 e. The molecular formula is C72H78ClFN16O7. The van der Waals surface area contributed by atoms with Gasteiger partial charge in [-0.25, -0.2) is 18.4 Å². The summed E-state index contributed by atoms with van der Waals surface area (Å²) in [6.45, 7) is 11.0. The highest BCUT2D eigenvalue weighted by atomic mass is 35.5. The van der Waals surface area contributed by atoms with E-state index in [9.17, 15) is 28.4 Å². The molecule has 0 radical (unpaired) electrons. The molecule has 14 rings (SSSR count). The van der Waals surface area contributed by atoms with Gasteiger partial charge in [-0.3, -0.25) is 28.9 Å². The maximum atomic E-state index is 14.1. The van der Waals surface area contributed by atoms with Crippen LogP contribution in [0.1, 0.15) is 113 Å². The Kier molecular flexibility index (Phi) is 20.6. The van der Waals surface area contributed by atoms with Crippen molar-refractivity contribution in [3.8, 4) is 62.9 Å². The van der Waals surface area contributed by atoms with E-state index in [1.807, 2.05) is 107 Å². The Balaban J connectivity index is 0.000000143. The van der Waals surface area contributed by atoms with Gasteiger partial charge in [-0.1, -0.05) is 66.6 Å². The number of amides is 5. The van der Waals surface area contributed by atoms with Crippen molar-refractivity contribution < 1.29 is 37.8 Å².